The quantitative estimate of drug-likeness (QED) is 0.474. The van der Waals surface area contributed by atoms with Gasteiger partial charge in [-0.25, -0.2) is 0 Å². The summed E-state index contributed by atoms with van der Waals surface area (Å²) in [5.74, 6) is 3.00. The predicted molar refractivity (Wildman–Crippen MR) is 145 cm³/mol. The van der Waals surface area contributed by atoms with E-state index in [-0.39, 0.29) is 7.43 Å². The second-order valence-corrected chi connectivity index (χ2v) is 11.1. The van der Waals surface area contributed by atoms with Gasteiger partial charge in [-0.2, -0.15) is 0 Å². The minimum absolute atomic E-state index is 0. The van der Waals surface area contributed by atoms with E-state index in [0.717, 1.165) is 5.56 Å². The zero-order valence-electron chi connectivity index (χ0n) is 21.1. The van der Waals surface area contributed by atoms with E-state index in [1.54, 1.807) is 0 Å². The molecule has 3 aliphatic carbocycles. The standard InChI is InChI=1S/C17H24O.C14H20O.CH4/c1-12-10-15(13-6-2-3-7-13)17(18)16(11-12)14-8-4-5-9-14;1-10-8-11(2)14(15)13(9-10)12-6-4-3-5-7-12;/h10-11,13-14,18H,2-9H2,1H3;8-9,12,15H,3-7H2,1-2H3;1H4. The molecular weight excluding hydrogens is 416 g/mol. The number of hydrogen-bond donors (Lipinski definition) is 2. The third-order valence-corrected chi connectivity index (χ3v) is 8.42. The number of phenolic OH excluding ortho intramolecular Hbond substituents is 2. The first kappa shape index (κ1) is 26.6. The molecule has 0 aliphatic heterocycles. The molecule has 0 spiro atoms. The monoisotopic (exact) mass is 464 g/mol. The van der Waals surface area contributed by atoms with Crippen molar-refractivity contribution in [3.63, 3.8) is 0 Å². The van der Waals surface area contributed by atoms with Crippen molar-refractivity contribution in [2.75, 3.05) is 0 Å². The highest BCUT2D eigenvalue weighted by Gasteiger charge is 2.26. The van der Waals surface area contributed by atoms with Crippen LogP contribution >= 0.6 is 0 Å². The summed E-state index contributed by atoms with van der Waals surface area (Å²) in [7, 11) is 0. The van der Waals surface area contributed by atoms with Crippen LogP contribution in [0.3, 0.4) is 0 Å². The number of aromatic hydroxyl groups is 2. The average molecular weight is 465 g/mol. The summed E-state index contributed by atoms with van der Waals surface area (Å²) in [4.78, 5) is 0. The Balaban J connectivity index is 0.000000188. The average Bonchev–Trinajstić information content (AvgIpc) is 3.53. The van der Waals surface area contributed by atoms with E-state index in [1.807, 2.05) is 6.92 Å². The van der Waals surface area contributed by atoms with Gasteiger partial charge in [0.05, 0.1) is 0 Å². The molecule has 2 nitrogen and oxygen atoms in total. The van der Waals surface area contributed by atoms with Crippen LogP contribution in [0.25, 0.3) is 0 Å². The summed E-state index contributed by atoms with van der Waals surface area (Å²) >= 11 is 0. The fraction of sp³-hybridized carbons (Fsp3) is 0.625. The van der Waals surface area contributed by atoms with Crippen molar-refractivity contribution in [2.45, 2.75) is 129 Å². The minimum atomic E-state index is 0. The van der Waals surface area contributed by atoms with Crippen LogP contribution in [-0.2, 0) is 0 Å². The minimum Gasteiger partial charge on any atom is -0.507 e. The maximum absolute atomic E-state index is 10.6. The van der Waals surface area contributed by atoms with Gasteiger partial charge in [0.2, 0.25) is 0 Å². The molecule has 0 atom stereocenters. The van der Waals surface area contributed by atoms with E-state index >= 15 is 0 Å². The van der Waals surface area contributed by atoms with Crippen LogP contribution < -0.4 is 0 Å². The Bertz CT molecular complexity index is 889. The van der Waals surface area contributed by atoms with Gasteiger partial charge >= 0.3 is 0 Å². The van der Waals surface area contributed by atoms with Crippen LogP contribution in [0.2, 0.25) is 0 Å². The lowest BCUT2D eigenvalue weighted by atomic mass is 9.82. The zero-order valence-corrected chi connectivity index (χ0v) is 21.1. The van der Waals surface area contributed by atoms with E-state index < -0.39 is 0 Å². The van der Waals surface area contributed by atoms with Crippen molar-refractivity contribution >= 4 is 0 Å². The van der Waals surface area contributed by atoms with Crippen LogP contribution in [0.15, 0.2) is 24.3 Å². The fourth-order valence-corrected chi connectivity index (χ4v) is 6.65. The first-order chi connectivity index (χ1) is 15.9. The molecule has 3 aliphatic rings. The summed E-state index contributed by atoms with van der Waals surface area (Å²) in [6.45, 7) is 6.28. The van der Waals surface area contributed by atoms with Gasteiger partial charge in [-0.15, -0.1) is 0 Å². The number of phenols is 2. The summed E-state index contributed by atoms with van der Waals surface area (Å²) in [6, 6.07) is 8.67. The largest absolute Gasteiger partial charge is 0.507 e. The fourth-order valence-electron chi connectivity index (χ4n) is 6.65. The highest BCUT2D eigenvalue weighted by Crippen LogP contribution is 2.45. The van der Waals surface area contributed by atoms with E-state index in [4.69, 9.17) is 0 Å². The maximum atomic E-state index is 10.6. The third-order valence-electron chi connectivity index (χ3n) is 8.42. The van der Waals surface area contributed by atoms with Gasteiger partial charge in [0.15, 0.2) is 0 Å². The van der Waals surface area contributed by atoms with Crippen LogP contribution in [0, 0.1) is 20.8 Å². The van der Waals surface area contributed by atoms with Crippen molar-refractivity contribution in [3.8, 4) is 11.5 Å². The Hall–Kier alpha value is -1.96. The normalized spacial score (nSPS) is 19.5. The molecule has 0 bridgehead atoms. The molecule has 2 aromatic rings. The molecule has 34 heavy (non-hydrogen) atoms. The van der Waals surface area contributed by atoms with Crippen molar-refractivity contribution < 1.29 is 10.2 Å². The molecule has 2 N–H and O–H groups in total. The Morgan fingerprint density at radius 1 is 0.500 bits per heavy atom. The van der Waals surface area contributed by atoms with Gasteiger partial charge in [-0.05, 0) is 99.3 Å². The molecule has 0 aromatic heterocycles. The molecule has 2 heteroatoms. The highest BCUT2D eigenvalue weighted by molar-refractivity contribution is 5.48. The van der Waals surface area contributed by atoms with E-state index in [9.17, 15) is 10.2 Å². The summed E-state index contributed by atoms with van der Waals surface area (Å²) in [5.41, 5.74) is 7.30. The molecule has 0 radical (unpaired) electrons. The third kappa shape index (κ3) is 6.18. The Morgan fingerprint density at radius 3 is 1.24 bits per heavy atom. The summed E-state index contributed by atoms with van der Waals surface area (Å²) < 4.78 is 0. The molecular formula is C32H48O2. The molecule has 0 unspecified atom stereocenters. The lowest BCUT2D eigenvalue weighted by molar-refractivity contribution is 0.412. The van der Waals surface area contributed by atoms with Gasteiger partial charge in [-0.1, -0.05) is 87.8 Å². The second kappa shape index (κ2) is 12.1. The van der Waals surface area contributed by atoms with Crippen molar-refractivity contribution in [1.29, 1.82) is 0 Å². The molecule has 3 fully saturated rings. The van der Waals surface area contributed by atoms with Crippen molar-refractivity contribution in [3.05, 3.63) is 57.6 Å². The molecule has 0 amide bonds. The highest BCUT2D eigenvalue weighted by atomic mass is 16.3. The van der Waals surface area contributed by atoms with Gasteiger partial charge in [0.25, 0.3) is 0 Å². The summed E-state index contributed by atoms with van der Waals surface area (Å²) in [6.07, 6.45) is 16.9. The zero-order chi connectivity index (χ0) is 23.4. The van der Waals surface area contributed by atoms with Crippen molar-refractivity contribution in [1.82, 2.24) is 0 Å². The predicted octanol–water partition coefficient (Wildman–Crippen LogP) is 9.71. The molecule has 0 heterocycles. The lowest BCUT2D eigenvalue weighted by Gasteiger charge is -2.23. The maximum Gasteiger partial charge on any atom is 0.122 e. The van der Waals surface area contributed by atoms with Crippen LogP contribution in [0.5, 0.6) is 11.5 Å². The molecule has 188 valence electrons. The lowest BCUT2D eigenvalue weighted by Crippen LogP contribution is -2.05. The van der Waals surface area contributed by atoms with E-state index in [2.05, 4.69) is 38.1 Å². The number of benzene rings is 2. The van der Waals surface area contributed by atoms with Crippen LogP contribution in [0.4, 0.5) is 0 Å². The van der Waals surface area contributed by atoms with Crippen LogP contribution in [0.1, 0.15) is 142 Å². The first-order valence-corrected chi connectivity index (χ1v) is 13.6. The smallest absolute Gasteiger partial charge is 0.122 e. The topological polar surface area (TPSA) is 40.5 Å². The molecule has 3 saturated carbocycles. The van der Waals surface area contributed by atoms with Gasteiger partial charge in [0.1, 0.15) is 11.5 Å². The van der Waals surface area contributed by atoms with E-state index in [0.29, 0.717) is 29.3 Å². The first-order valence-electron chi connectivity index (χ1n) is 13.6. The molecule has 0 saturated heterocycles. The second-order valence-electron chi connectivity index (χ2n) is 11.1. The summed E-state index contributed by atoms with van der Waals surface area (Å²) in [5, 5.41) is 20.7. The Morgan fingerprint density at radius 2 is 0.824 bits per heavy atom. The van der Waals surface area contributed by atoms with Gasteiger partial charge in [-0.3, -0.25) is 0 Å². The number of rotatable bonds is 3. The van der Waals surface area contributed by atoms with Crippen molar-refractivity contribution in [2.24, 2.45) is 0 Å². The number of aryl methyl sites for hydroxylation is 3. The molecule has 2 aromatic carbocycles. The SMILES string of the molecule is C.Cc1cc(C)c(O)c(C2CCCCC2)c1.Cc1cc(C2CCCC2)c(O)c(C2CCCC2)c1. The molecule has 5 rings (SSSR count). The van der Waals surface area contributed by atoms with Gasteiger partial charge < -0.3 is 10.2 Å². The van der Waals surface area contributed by atoms with E-state index in [1.165, 1.54) is 111 Å². The van der Waals surface area contributed by atoms with Crippen LogP contribution in [-0.4, -0.2) is 10.2 Å². The Kier molecular flexibility index (Phi) is 9.51. The van der Waals surface area contributed by atoms with Gasteiger partial charge in [0, 0.05) is 0 Å². The Labute approximate surface area is 208 Å². The number of hydrogen-bond acceptors (Lipinski definition) is 2.